The first-order valence-electron chi connectivity index (χ1n) is 7.86. The third kappa shape index (κ3) is 4.08. The van der Waals surface area contributed by atoms with Crippen LogP contribution in [0.5, 0.6) is 0 Å². The Bertz CT molecular complexity index is 739. The number of hydrogen-bond donors (Lipinski definition) is 1. The van der Waals surface area contributed by atoms with Crippen LogP contribution in [0.25, 0.3) is 5.52 Å². The number of carbonyl (C=O) groups excluding carboxylic acids is 2. The summed E-state index contributed by atoms with van der Waals surface area (Å²) in [5.74, 6) is -0.176. The van der Waals surface area contributed by atoms with Gasteiger partial charge >= 0.3 is 5.97 Å². The molecule has 0 bridgehead atoms. The van der Waals surface area contributed by atoms with E-state index in [2.05, 4.69) is 15.4 Å². The van der Waals surface area contributed by atoms with Crippen molar-refractivity contribution in [1.29, 1.82) is 0 Å². The first-order chi connectivity index (χ1) is 11.5. The number of nitrogens with zero attached hydrogens (tertiary/aromatic N) is 4. The number of anilines is 1. The first kappa shape index (κ1) is 17.9. The number of likely N-dealkylation sites (N-methyl/N-ethyl adjacent to an activating group) is 1. The number of Topliss-reactive ketones (excluding diaryl/α,β-unsaturated/α-hetero) is 1. The molecule has 0 unspecified atom stereocenters. The van der Waals surface area contributed by atoms with Gasteiger partial charge in [0.1, 0.15) is 17.6 Å². The molecule has 0 atom stereocenters. The van der Waals surface area contributed by atoms with Crippen LogP contribution >= 0.6 is 0 Å². The van der Waals surface area contributed by atoms with Gasteiger partial charge in [-0.05, 0) is 20.0 Å². The van der Waals surface area contributed by atoms with E-state index in [0.29, 0.717) is 0 Å². The highest BCUT2D eigenvalue weighted by molar-refractivity contribution is 6.05. The van der Waals surface area contributed by atoms with Crippen LogP contribution in [0.15, 0.2) is 12.3 Å². The Balaban J connectivity index is 2.35. The van der Waals surface area contributed by atoms with Gasteiger partial charge in [0.15, 0.2) is 11.6 Å². The molecule has 0 fully saturated rings. The van der Waals surface area contributed by atoms with Crippen molar-refractivity contribution in [3.8, 4) is 0 Å². The lowest BCUT2D eigenvalue weighted by Gasteiger charge is -2.14. The number of rotatable bonds is 8. The molecule has 0 aliphatic rings. The summed E-state index contributed by atoms with van der Waals surface area (Å²) in [7, 11) is 5.65. The fourth-order valence-corrected chi connectivity index (χ4v) is 2.30. The van der Waals surface area contributed by atoms with Gasteiger partial charge in [0, 0.05) is 27.1 Å². The summed E-state index contributed by atoms with van der Waals surface area (Å²) in [6.45, 7) is 2.75. The van der Waals surface area contributed by atoms with Crippen LogP contribution < -0.4 is 10.2 Å². The lowest BCUT2D eigenvalue weighted by Crippen LogP contribution is -2.16. The van der Waals surface area contributed by atoms with Crippen molar-refractivity contribution in [3.05, 3.63) is 23.7 Å². The number of nitrogens with one attached hydrogen (secondary N) is 1. The molecule has 2 aromatic rings. The maximum absolute atomic E-state index is 12.2. The van der Waals surface area contributed by atoms with Crippen molar-refractivity contribution in [2.45, 2.75) is 19.8 Å². The minimum Gasteiger partial charge on any atom is -0.466 e. The molecular weight excluding hydrogens is 310 g/mol. The topological polar surface area (TPSA) is 88.8 Å². The quantitative estimate of drug-likeness (QED) is 0.432. The summed E-state index contributed by atoms with van der Waals surface area (Å²) in [5.41, 5.74) is 1.83. The van der Waals surface area contributed by atoms with Gasteiger partial charge in [0.25, 0.3) is 0 Å². The Hall–Kier alpha value is -2.48. The Morgan fingerprint density at radius 2 is 2.12 bits per heavy atom. The first-order valence-corrected chi connectivity index (χ1v) is 7.86. The molecule has 130 valence electrons. The molecule has 0 aliphatic heterocycles. The summed E-state index contributed by atoms with van der Waals surface area (Å²) >= 11 is 0. The fraction of sp³-hybridized carbons (Fsp3) is 0.500. The fourth-order valence-electron chi connectivity index (χ4n) is 2.30. The average Bonchev–Trinajstić information content (AvgIpc) is 2.96. The SMILES string of the molecule is CCOC(=O)CC(=O)c1cc2c(N(C)C)nc(CCNC)cn2n1. The Morgan fingerprint density at radius 1 is 1.38 bits per heavy atom. The van der Waals surface area contributed by atoms with E-state index < -0.39 is 5.97 Å². The molecule has 0 aliphatic carbocycles. The van der Waals surface area contributed by atoms with Crippen molar-refractivity contribution >= 4 is 23.1 Å². The van der Waals surface area contributed by atoms with E-state index in [1.807, 2.05) is 26.0 Å². The Labute approximate surface area is 140 Å². The molecule has 8 heteroatoms. The molecule has 8 nitrogen and oxygen atoms in total. The van der Waals surface area contributed by atoms with Crippen LogP contribution in [-0.4, -0.2) is 60.6 Å². The van der Waals surface area contributed by atoms with E-state index in [4.69, 9.17) is 4.74 Å². The molecule has 0 saturated carbocycles. The highest BCUT2D eigenvalue weighted by Gasteiger charge is 2.18. The standard InChI is InChI=1S/C16H23N5O3/c1-5-24-15(23)9-14(22)12-8-13-16(20(3)4)18-11(6-7-17-2)10-21(13)19-12/h8,10,17H,5-7,9H2,1-4H3. The maximum atomic E-state index is 12.2. The second-order valence-electron chi connectivity index (χ2n) is 5.57. The molecule has 0 radical (unpaired) electrons. The highest BCUT2D eigenvalue weighted by atomic mass is 16.5. The maximum Gasteiger partial charge on any atom is 0.313 e. The molecule has 1 N–H and O–H groups in total. The minimum atomic E-state index is -0.541. The number of ketones is 1. The summed E-state index contributed by atoms with van der Waals surface area (Å²) < 4.78 is 6.46. The minimum absolute atomic E-state index is 0.235. The smallest absolute Gasteiger partial charge is 0.313 e. The normalized spacial score (nSPS) is 10.8. The molecule has 24 heavy (non-hydrogen) atoms. The largest absolute Gasteiger partial charge is 0.466 e. The van der Waals surface area contributed by atoms with Gasteiger partial charge in [0.05, 0.1) is 18.5 Å². The number of carbonyl (C=O) groups is 2. The molecule has 0 aromatic carbocycles. The van der Waals surface area contributed by atoms with Crippen LogP contribution in [0, 0.1) is 0 Å². The predicted octanol–water partition coefficient (Wildman–Crippen LogP) is 0.693. The summed E-state index contributed by atoms with van der Waals surface area (Å²) in [6.07, 6.45) is 2.25. The van der Waals surface area contributed by atoms with E-state index in [-0.39, 0.29) is 24.5 Å². The molecule has 0 spiro atoms. The van der Waals surface area contributed by atoms with Gasteiger partial charge in [0.2, 0.25) is 0 Å². The van der Waals surface area contributed by atoms with Crippen LogP contribution in [0.4, 0.5) is 5.82 Å². The van der Waals surface area contributed by atoms with Crippen molar-refractivity contribution < 1.29 is 14.3 Å². The molecule has 2 aromatic heterocycles. The van der Waals surface area contributed by atoms with Gasteiger partial charge < -0.3 is 15.0 Å². The number of aromatic nitrogens is 3. The Kier molecular flexibility index (Phi) is 5.86. The van der Waals surface area contributed by atoms with Crippen molar-refractivity contribution in [1.82, 2.24) is 19.9 Å². The number of hydrogen-bond acceptors (Lipinski definition) is 7. The third-order valence-corrected chi connectivity index (χ3v) is 3.44. The van der Waals surface area contributed by atoms with Gasteiger partial charge in [-0.2, -0.15) is 5.10 Å². The summed E-state index contributed by atoms with van der Waals surface area (Å²) in [4.78, 5) is 30.2. The molecule has 0 saturated heterocycles. The van der Waals surface area contributed by atoms with E-state index in [1.54, 1.807) is 23.7 Å². The van der Waals surface area contributed by atoms with Crippen LogP contribution in [0.1, 0.15) is 29.5 Å². The Morgan fingerprint density at radius 3 is 2.75 bits per heavy atom. The van der Waals surface area contributed by atoms with Crippen LogP contribution in [-0.2, 0) is 16.0 Å². The van der Waals surface area contributed by atoms with E-state index in [1.165, 1.54) is 0 Å². The number of fused-ring (bicyclic) bond motifs is 1. The zero-order valence-electron chi connectivity index (χ0n) is 14.5. The van der Waals surface area contributed by atoms with E-state index >= 15 is 0 Å². The van der Waals surface area contributed by atoms with Gasteiger partial charge in [-0.15, -0.1) is 0 Å². The van der Waals surface area contributed by atoms with Gasteiger partial charge in [-0.25, -0.2) is 9.50 Å². The van der Waals surface area contributed by atoms with Crippen LogP contribution in [0.2, 0.25) is 0 Å². The lowest BCUT2D eigenvalue weighted by molar-refractivity contribution is -0.141. The average molecular weight is 333 g/mol. The second kappa shape index (κ2) is 7.87. The van der Waals surface area contributed by atoms with Crippen molar-refractivity contribution in [2.24, 2.45) is 0 Å². The molecule has 2 heterocycles. The third-order valence-electron chi connectivity index (χ3n) is 3.44. The molecule has 2 rings (SSSR count). The monoisotopic (exact) mass is 333 g/mol. The highest BCUT2D eigenvalue weighted by Crippen LogP contribution is 2.20. The van der Waals surface area contributed by atoms with Crippen molar-refractivity contribution in [2.75, 3.05) is 39.2 Å². The van der Waals surface area contributed by atoms with Gasteiger partial charge in [-0.1, -0.05) is 0 Å². The lowest BCUT2D eigenvalue weighted by atomic mass is 10.2. The molecular formula is C16H23N5O3. The van der Waals surface area contributed by atoms with Crippen LogP contribution in [0.3, 0.4) is 0 Å². The van der Waals surface area contributed by atoms with Crippen molar-refractivity contribution in [3.63, 3.8) is 0 Å². The zero-order chi connectivity index (χ0) is 17.7. The van der Waals surface area contributed by atoms with E-state index in [9.17, 15) is 9.59 Å². The van der Waals surface area contributed by atoms with Gasteiger partial charge in [-0.3, -0.25) is 9.59 Å². The zero-order valence-corrected chi connectivity index (χ0v) is 14.5. The number of ether oxygens (including phenoxy) is 1. The summed E-state index contributed by atoms with van der Waals surface area (Å²) in [6, 6.07) is 1.66. The second-order valence-corrected chi connectivity index (χ2v) is 5.57. The van der Waals surface area contributed by atoms with E-state index in [0.717, 1.165) is 30.0 Å². The molecule has 0 amide bonds. The predicted molar refractivity (Wildman–Crippen MR) is 90.5 cm³/mol. The summed E-state index contributed by atoms with van der Waals surface area (Å²) in [5, 5.41) is 7.39. The number of esters is 1.